The third-order valence-corrected chi connectivity index (χ3v) is 5.62. The van der Waals surface area contributed by atoms with Gasteiger partial charge in [0.05, 0.1) is 6.04 Å². The van der Waals surface area contributed by atoms with E-state index in [4.69, 9.17) is 5.11 Å². The van der Waals surface area contributed by atoms with E-state index in [0.717, 1.165) is 24.0 Å². The lowest BCUT2D eigenvalue weighted by atomic mass is 9.71. The first-order valence-corrected chi connectivity index (χ1v) is 9.62. The van der Waals surface area contributed by atoms with Crippen molar-refractivity contribution in [2.24, 2.45) is 5.41 Å². The van der Waals surface area contributed by atoms with Gasteiger partial charge in [-0.25, -0.2) is 4.79 Å². The van der Waals surface area contributed by atoms with E-state index in [-0.39, 0.29) is 5.41 Å². The van der Waals surface area contributed by atoms with Crippen LogP contribution in [0.2, 0.25) is 0 Å². The fraction of sp³-hybridized carbons (Fsp3) is 0.435. The summed E-state index contributed by atoms with van der Waals surface area (Å²) in [5.41, 5.74) is 5.06. The number of nitrogens with zero attached hydrogens (tertiary/aromatic N) is 3. The van der Waals surface area contributed by atoms with Crippen molar-refractivity contribution >= 4 is 5.97 Å². The quantitative estimate of drug-likeness (QED) is 0.526. The van der Waals surface area contributed by atoms with Crippen molar-refractivity contribution < 1.29 is 9.90 Å². The molecule has 0 aliphatic heterocycles. The lowest BCUT2D eigenvalue weighted by molar-refractivity contribution is -0.132. The fourth-order valence-corrected chi connectivity index (χ4v) is 3.57. The number of carboxylic acids is 1. The van der Waals surface area contributed by atoms with Crippen molar-refractivity contribution in [1.29, 1.82) is 0 Å². The molecular weight excluding hydrogens is 350 g/mol. The molecule has 0 spiro atoms. The Labute approximate surface area is 167 Å². The number of allylic oxidation sites excluding steroid dienone is 9. The van der Waals surface area contributed by atoms with Gasteiger partial charge in [-0.3, -0.25) is 0 Å². The number of rotatable bonds is 6. The Kier molecular flexibility index (Phi) is 6.95. The molecule has 0 aromatic carbocycles. The van der Waals surface area contributed by atoms with Crippen LogP contribution in [0.4, 0.5) is 0 Å². The Hall–Kier alpha value is -2.69. The molecule has 1 aliphatic rings. The smallest absolute Gasteiger partial charge is 0.331 e. The van der Waals surface area contributed by atoms with E-state index in [2.05, 4.69) is 47.7 Å². The van der Waals surface area contributed by atoms with Gasteiger partial charge < -0.3 is 9.67 Å². The maximum Gasteiger partial charge on any atom is 0.331 e. The summed E-state index contributed by atoms with van der Waals surface area (Å²) in [6.45, 7) is 12.3. The number of aliphatic carboxylic acids is 1. The van der Waals surface area contributed by atoms with Crippen LogP contribution in [-0.4, -0.2) is 25.8 Å². The van der Waals surface area contributed by atoms with Crippen LogP contribution in [0.25, 0.3) is 0 Å². The first kappa shape index (κ1) is 21.6. The molecule has 5 nitrogen and oxygen atoms in total. The maximum absolute atomic E-state index is 11.0. The highest BCUT2D eigenvalue weighted by Crippen LogP contribution is 2.45. The van der Waals surface area contributed by atoms with E-state index in [1.54, 1.807) is 19.6 Å². The van der Waals surface area contributed by atoms with Gasteiger partial charge >= 0.3 is 5.97 Å². The average molecular weight is 382 g/mol. The van der Waals surface area contributed by atoms with Crippen molar-refractivity contribution in [2.75, 3.05) is 0 Å². The topological polar surface area (TPSA) is 68.0 Å². The summed E-state index contributed by atoms with van der Waals surface area (Å²) in [7, 11) is 0. The van der Waals surface area contributed by atoms with Gasteiger partial charge in [0.15, 0.2) is 0 Å². The molecule has 28 heavy (non-hydrogen) atoms. The Morgan fingerprint density at radius 2 is 1.86 bits per heavy atom. The molecule has 1 unspecified atom stereocenters. The maximum atomic E-state index is 11.0. The van der Waals surface area contributed by atoms with E-state index in [1.165, 1.54) is 11.1 Å². The number of aromatic nitrogens is 3. The van der Waals surface area contributed by atoms with Crippen molar-refractivity contribution in [3.8, 4) is 0 Å². The van der Waals surface area contributed by atoms with Gasteiger partial charge in [-0.2, -0.15) is 0 Å². The summed E-state index contributed by atoms with van der Waals surface area (Å²) in [5.74, 6) is -0.882. The minimum absolute atomic E-state index is 0.124. The van der Waals surface area contributed by atoms with Crippen LogP contribution in [0.5, 0.6) is 0 Å². The van der Waals surface area contributed by atoms with Crippen LogP contribution in [0, 0.1) is 5.41 Å². The van der Waals surface area contributed by atoms with Crippen LogP contribution in [-0.2, 0) is 4.79 Å². The van der Waals surface area contributed by atoms with Gasteiger partial charge in [-0.15, -0.1) is 10.2 Å². The molecule has 1 heterocycles. The van der Waals surface area contributed by atoms with Gasteiger partial charge in [0.25, 0.3) is 0 Å². The summed E-state index contributed by atoms with van der Waals surface area (Å²) in [6.07, 6.45) is 15.8. The van der Waals surface area contributed by atoms with E-state index < -0.39 is 5.97 Å². The zero-order valence-corrected chi connectivity index (χ0v) is 17.7. The van der Waals surface area contributed by atoms with E-state index in [0.29, 0.717) is 11.6 Å². The molecule has 1 aliphatic carbocycles. The standard InChI is InChI=1S/C23H31N3O2/c1-16(8-7-9-17(2)18(3)22(27)28)10-11-20-19(4)21(12-13-23(20,5)6)26-14-24-25-15-26/h7-11,14-15,21H,12-13H2,1-6H3,(H,27,28)/b9-7+,11-10+,16-8+,18-17+. The molecule has 150 valence electrons. The number of carbonyl (C=O) groups is 1. The summed E-state index contributed by atoms with van der Waals surface area (Å²) >= 11 is 0. The molecule has 5 heteroatoms. The van der Waals surface area contributed by atoms with Gasteiger partial charge in [-0.05, 0) is 62.7 Å². The van der Waals surface area contributed by atoms with Gasteiger partial charge in [-0.1, -0.05) is 49.8 Å². The molecule has 1 aromatic rings. The first-order valence-electron chi connectivity index (χ1n) is 9.62. The van der Waals surface area contributed by atoms with Crippen molar-refractivity contribution in [3.63, 3.8) is 0 Å². The lowest BCUT2D eigenvalue weighted by Gasteiger charge is -2.37. The number of carboxylic acid groups (broad SMARTS) is 1. The van der Waals surface area contributed by atoms with Crippen LogP contribution < -0.4 is 0 Å². The molecule has 0 saturated carbocycles. The second kappa shape index (κ2) is 9.00. The first-order chi connectivity index (χ1) is 13.1. The third kappa shape index (κ3) is 5.18. The van der Waals surface area contributed by atoms with Crippen molar-refractivity contribution in [3.05, 3.63) is 70.9 Å². The third-order valence-electron chi connectivity index (χ3n) is 5.62. The predicted octanol–water partition coefficient (Wildman–Crippen LogP) is 5.44. The summed E-state index contributed by atoms with van der Waals surface area (Å²) in [5, 5.41) is 16.9. The largest absolute Gasteiger partial charge is 0.478 e. The molecule has 0 saturated heterocycles. The zero-order chi connectivity index (χ0) is 20.9. The second-order valence-corrected chi connectivity index (χ2v) is 8.16. The van der Waals surface area contributed by atoms with E-state index in [9.17, 15) is 4.79 Å². The highest BCUT2D eigenvalue weighted by molar-refractivity contribution is 5.87. The molecular formula is C23H31N3O2. The normalized spacial score (nSPS) is 21.5. The Morgan fingerprint density at radius 1 is 1.21 bits per heavy atom. The summed E-state index contributed by atoms with van der Waals surface area (Å²) in [4.78, 5) is 11.0. The molecule has 1 aromatic heterocycles. The SMILES string of the molecule is CC1=C(/C=C/C(C)=C/C=C/C(C)=C(\C)C(=O)O)C(C)(C)CCC1n1cnnc1. The lowest BCUT2D eigenvalue weighted by Crippen LogP contribution is -2.25. The van der Waals surface area contributed by atoms with Gasteiger partial charge in [0.1, 0.15) is 12.7 Å². The predicted molar refractivity (Wildman–Crippen MR) is 113 cm³/mol. The number of hydrogen-bond donors (Lipinski definition) is 1. The van der Waals surface area contributed by atoms with Crippen LogP contribution >= 0.6 is 0 Å². The Balaban J connectivity index is 2.23. The zero-order valence-electron chi connectivity index (χ0n) is 17.7. The van der Waals surface area contributed by atoms with Crippen LogP contribution in [0.3, 0.4) is 0 Å². The second-order valence-electron chi connectivity index (χ2n) is 8.16. The molecule has 0 amide bonds. The van der Waals surface area contributed by atoms with E-state index >= 15 is 0 Å². The Morgan fingerprint density at radius 3 is 2.46 bits per heavy atom. The van der Waals surface area contributed by atoms with Crippen molar-refractivity contribution in [2.45, 2.75) is 60.4 Å². The summed E-state index contributed by atoms with van der Waals surface area (Å²) in [6, 6.07) is 0.304. The minimum atomic E-state index is -0.882. The monoisotopic (exact) mass is 381 g/mol. The molecule has 1 N–H and O–H groups in total. The molecule has 0 radical (unpaired) electrons. The van der Waals surface area contributed by atoms with Crippen LogP contribution in [0.15, 0.2) is 70.9 Å². The highest BCUT2D eigenvalue weighted by Gasteiger charge is 2.32. The van der Waals surface area contributed by atoms with Crippen LogP contribution in [0.1, 0.15) is 60.4 Å². The molecule has 1 atom stereocenters. The molecule has 2 rings (SSSR count). The fourth-order valence-electron chi connectivity index (χ4n) is 3.57. The van der Waals surface area contributed by atoms with Gasteiger partial charge in [0, 0.05) is 5.57 Å². The van der Waals surface area contributed by atoms with E-state index in [1.807, 2.05) is 32.1 Å². The Bertz CT molecular complexity index is 866. The van der Waals surface area contributed by atoms with Crippen molar-refractivity contribution in [1.82, 2.24) is 14.8 Å². The average Bonchev–Trinajstić information content (AvgIpc) is 3.14. The molecule has 0 fully saturated rings. The van der Waals surface area contributed by atoms with Gasteiger partial charge in [0.2, 0.25) is 0 Å². The molecule has 0 bridgehead atoms. The highest BCUT2D eigenvalue weighted by atomic mass is 16.4. The summed E-state index contributed by atoms with van der Waals surface area (Å²) < 4.78 is 2.09. The number of hydrogen-bond acceptors (Lipinski definition) is 3. The minimum Gasteiger partial charge on any atom is -0.478 e.